The first kappa shape index (κ1) is 126. The van der Waals surface area contributed by atoms with E-state index in [1.165, 1.54) is 7.11 Å². The van der Waals surface area contributed by atoms with Crippen LogP contribution in [0.15, 0.2) is 226 Å². The number of carbonyl (C=O) groups excluding carboxylic acids is 10. The zero-order valence-corrected chi connectivity index (χ0v) is 79.3. The molecule has 3 aliphatic rings. The molecule has 2 aromatic rings. The number of aliphatic hydroxyl groups excluding tert-OH is 1. The van der Waals surface area contributed by atoms with Crippen molar-refractivity contribution in [1.29, 1.82) is 0 Å². The van der Waals surface area contributed by atoms with Crippen LogP contribution in [-0.2, 0) is 71.3 Å². The van der Waals surface area contributed by atoms with Gasteiger partial charge in [0.2, 0.25) is 0 Å². The van der Waals surface area contributed by atoms with Crippen molar-refractivity contribution in [3.05, 3.63) is 232 Å². The molecule has 5 rings (SSSR count). The van der Waals surface area contributed by atoms with Crippen molar-refractivity contribution < 1.29 is 141 Å². The number of hydrogen-bond donors (Lipinski definition) is 5. The van der Waals surface area contributed by atoms with E-state index < -0.39 is 75.5 Å². The minimum Gasteiger partial charge on any atom is -0.857 e. The van der Waals surface area contributed by atoms with E-state index in [1.54, 1.807) is 147 Å². The van der Waals surface area contributed by atoms with Crippen molar-refractivity contribution >= 4 is 111 Å². The number of esters is 5. The number of nitrogens with one attached hydrogen (secondary N) is 2. The third-order valence-electron chi connectivity index (χ3n) is 12.6. The van der Waals surface area contributed by atoms with Gasteiger partial charge in [0, 0.05) is 47.3 Å². The molecule has 31 heteroatoms. The van der Waals surface area contributed by atoms with Gasteiger partial charge in [-0.3, -0.25) is 19.4 Å². The molecule has 3 aliphatic carbocycles. The van der Waals surface area contributed by atoms with Gasteiger partial charge in [-0.1, -0.05) is 134 Å². The van der Waals surface area contributed by atoms with Gasteiger partial charge in [0.15, 0.2) is 6.54 Å². The van der Waals surface area contributed by atoms with Crippen LogP contribution in [0.4, 0.5) is 19.2 Å². The molecule has 2 aromatic carbocycles. The van der Waals surface area contributed by atoms with Gasteiger partial charge in [-0.15, -0.1) is 32.1 Å². The number of rotatable bonds is 19. The van der Waals surface area contributed by atoms with Crippen LogP contribution in [0.25, 0.3) is 0 Å². The van der Waals surface area contributed by atoms with Gasteiger partial charge >= 0.3 is 83.9 Å². The third kappa shape index (κ3) is 71.0. The minimum atomic E-state index is -1.06. The van der Waals surface area contributed by atoms with Gasteiger partial charge in [-0.05, 0) is 235 Å². The normalized spacial score (nSPS) is 15.7. The molecule has 2 amide bonds. The molecule has 0 saturated heterocycles. The van der Waals surface area contributed by atoms with Crippen LogP contribution in [-0.4, -0.2) is 182 Å². The maximum Gasteiger partial charge on any atom is 1.00 e. The largest absolute Gasteiger partial charge is 1.00 e. The smallest absolute Gasteiger partial charge is 0.857 e. The summed E-state index contributed by atoms with van der Waals surface area (Å²) in [4.78, 5) is 115. The number of carbonyl (C=O) groups is 10. The summed E-state index contributed by atoms with van der Waals surface area (Å²) in [5.74, 6) is -1.80. The summed E-state index contributed by atoms with van der Waals surface area (Å²) < 4.78 is 47.7. The Hall–Kier alpha value is -10.5. The van der Waals surface area contributed by atoms with Crippen molar-refractivity contribution in [3.63, 3.8) is 0 Å². The number of nitrogens with two attached hydrogens (primary N) is 1. The van der Waals surface area contributed by atoms with Crippen LogP contribution in [0, 0.1) is 17.8 Å². The van der Waals surface area contributed by atoms with E-state index in [9.17, 15) is 47.9 Å². The molecule has 0 aliphatic heterocycles. The van der Waals surface area contributed by atoms with Crippen LogP contribution >= 0.6 is 44.3 Å². The molecule has 6 atom stereocenters. The quantitative estimate of drug-likeness (QED) is 0.0100. The number of quaternary nitrogens is 1. The molecule has 0 heterocycles. The van der Waals surface area contributed by atoms with Gasteiger partial charge in [0.05, 0.1) is 33.5 Å². The second kappa shape index (κ2) is 74.5. The predicted octanol–water partition coefficient (Wildman–Crippen LogP) is 10.7. The number of aliphatic hydroxyl groups is 1. The average molecular weight is 1840 g/mol. The first-order chi connectivity index (χ1) is 56.0. The Morgan fingerprint density at radius 3 is 1.09 bits per heavy atom. The first-order valence-corrected chi connectivity index (χ1v) is 38.6. The Labute approximate surface area is 758 Å². The van der Waals surface area contributed by atoms with Crippen LogP contribution < -0.4 is 56.8 Å². The number of alkyl carbamates (subject to hydrolysis) is 2. The average Bonchev–Trinajstić information content (AvgIpc) is 1.59. The number of alkyl halides is 2. The van der Waals surface area contributed by atoms with Crippen molar-refractivity contribution in [1.82, 2.24) is 10.6 Å². The molecule has 0 radical (unpaired) electrons. The van der Waals surface area contributed by atoms with E-state index in [0.717, 1.165) is 42.3 Å². The fourth-order valence-corrected chi connectivity index (χ4v) is 8.01. The predicted molar refractivity (Wildman–Crippen MR) is 466 cm³/mol. The Kier molecular flexibility index (Phi) is 77.6. The fraction of sp³-hybridized carbons (Fsp3) is 0.444. The standard InChI is InChI=1S/C19H4.C13H21NO4.C12H19NO4.C11H13NO2.C10H18O5.C8H13NO2.C7H6O.C4H6Br2.C4H9NO2.CH4O.CH3O.ClH.Na/c1-3-5-7-9-11-13-15-17-19-18-16-14-12-10-8-6-4-2;1-6-9-8-13(9,10(15)17-7-2)14-11(16)18-12(3,4)5;1-6-8-7-12(8,9(14)16-5)13-10(15)17-11(2,3)4;1-2-14-11(13)9-12-8-10-6-4-3-5-7-10;1-9(2,3)14-7(11)13-8(12)15-10(4,5)6;1-3-6-5-8(6,9)7(10)11-4-2;8-6-7-4-2-1-3-5-7;5-3-1-2-4-6;1-2-7-4(6)3-5;2*1-2;;/h1-2H2;6,9H,1,7-8H2,2-5H3,(H,14,16);6,8H,1,7H2,2-5H3,(H,13,15);3-8H,2,9H2,1H3;1-6H3;3,6H,1,4-5,9H2,2H3;1-6H;1-2H,3-4H2;2-3,5H2,1H3;2H,1H3;1H3;1H;/q;;;;;;;;;;-1;;+1/p+1/b;;;;;;;2-1+;;;;;. The Morgan fingerprint density at radius 1 is 0.521 bits per heavy atom. The number of amides is 2. The van der Waals surface area contributed by atoms with Gasteiger partial charge < -0.3 is 79.7 Å². The summed E-state index contributed by atoms with van der Waals surface area (Å²) in [7, 11) is 3.04. The van der Waals surface area contributed by atoms with Crippen LogP contribution in [0.5, 0.6) is 0 Å². The molecular weight excluding hydrogens is 1720 g/mol. The molecule has 0 spiro atoms. The van der Waals surface area contributed by atoms with E-state index in [0.29, 0.717) is 39.1 Å². The first-order valence-electron chi connectivity index (χ1n) is 36.4. The number of halogens is 3. The zero-order chi connectivity index (χ0) is 92.6. The number of aldehydes is 1. The maximum atomic E-state index is 11.9. The number of methoxy groups -OCH3 is 1. The van der Waals surface area contributed by atoms with Crippen LogP contribution in [0.1, 0.15) is 146 Å². The molecule has 3 saturated carbocycles. The van der Waals surface area contributed by atoms with Crippen LogP contribution in [0.2, 0.25) is 0 Å². The number of benzene rings is 2. The monoisotopic (exact) mass is 1840 g/mol. The van der Waals surface area contributed by atoms with E-state index in [-0.39, 0.29) is 97.3 Å². The Morgan fingerprint density at radius 2 is 0.835 bits per heavy atom. The second-order valence-corrected chi connectivity index (χ2v) is 27.9. The maximum absolute atomic E-state index is 11.9. The van der Waals surface area contributed by atoms with E-state index >= 15 is 0 Å². The topological polar surface area (TPSA) is 396 Å². The zero-order valence-electron chi connectivity index (χ0n) is 73.3. The van der Waals surface area contributed by atoms with Crippen molar-refractivity contribution in [2.45, 2.75) is 169 Å². The number of allylic oxidation sites excluding steroid dienone is 2. The summed E-state index contributed by atoms with van der Waals surface area (Å²) in [6.07, 6.45) is 9.92. The molecule has 3 fully saturated rings. The number of aliphatic imine (C=N–C) groups is 1. The summed E-state index contributed by atoms with van der Waals surface area (Å²) >= 11 is 6.49. The van der Waals surface area contributed by atoms with Gasteiger partial charge in [0.25, 0.3) is 0 Å². The van der Waals surface area contributed by atoms with Crippen LogP contribution in [0.3, 0.4) is 0 Å². The van der Waals surface area contributed by atoms with E-state index in [2.05, 4.69) is 210 Å². The van der Waals surface area contributed by atoms with Crippen molar-refractivity contribution in [3.8, 4) is 0 Å². The molecule has 8 N–H and O–H groups in total. The van der Waals surface area contributed by atoms with Crippen molar-refractivity contribution in [2.24, 2.45) is 28.5 Å². The fourth-order valence-electron chi connectivity index (χ4n) is 7.48. The molecular formula is C90H118Br2ClN5NaO22+. The van der Waals surface area contributed by atoms with Gasteiger partial charge in [-0.2, -0.15) is 7.11 Å². The summed E-state index contributed by atoms with van der Waals surface area (Å²) in [6, 6.07) is 18.7. The Bertz CT molecular complexity index is 4170. The van der Waals surface area contributed by atoms with E-state index in [4.69, 9.17) is 49.1 Å². The molecule has 121 heavy (non-hydrogen) atoms. The van der Waals surface area contributed by atoms with Gasteiger partial charge in [0.1, 0.15) is 51.9 Å². The molecule has 6 unspecified atom stereocenters. The summed E-state index contributed by atoms with van der Waals surface area (Å²) in [6.45, 7) is 46.9. The number of ether oxygens (including phenoxy) is 10. The number of nitrogens with zero attached hydrogens (tertiary/aromatic N) is 1. The second-order valence-electron chi connectivity index (χ2n) is 26.6. The summed E-state index contributed by atoms with van der Waals surface area (Å²) in [5.41, 5.74) is 47.3. The minimum absolute atomic E-state index is 0. The molecule has 0 bridgehead atoms. The molecule has 27 nitrogen and oxygen atoms in total. The van der Waals surface area contributed by atoms with Gasteiger partial charge in [-0.25, -0.2) is 33.6 Å². The van der Waals surface area contributed by atoms with E-state index in [1.807, 2.05) is 48.5 Å². The van der Waals surface area contributed by atoms with Crippen molar-refractivity contribution in [2.75, 3.05) is 71.5 Å². The molecule has 656 valence electrons. The molecule has 0 aromatic heterocycles. The SMILES string of the molecule is BrC/C=C/CBr.C=C=C=C=C=C=C=C=C=C=C=C=C=C=C=C=C=C=C.C=CC1CC1(N)C(=O)OCC.C=CC1CC1(NC(=O)OC(C)(C)C)C(=O)OC.C=CC1CC1(NC(=O)OC(C)(C)C)C(=O)OCC.CC(C)(C)OC(=O)OC(=O)OC(C)(C)C.CCOC(=O)CN=Cc1ccccc1.CCOC(=O)C[NH3+].CO.C[O-].Cl.O=Cc1ccccc1.[Na+]. The third-order valence-corrected chi connectivity index (χ3v) is 13.3. The summed E-state index contributed by atoms with van der Waals surface area (Å²) in [5, 5.41) is 22.3. The number of hydrogen-bond acceptors (Lipinski definition) is 24. The Balaban J connectivity index is -0.000000200.